The zero-order chi connectivity index (χ0) is 18.7. The number of nitrogens with zero attached hydrogens (tertiary/aromatic N) is 3. The Balaban J connectivity index is 1.77. The number of aromatic nitrogens is 1. The number of anilines is 1. The Bertz CT molecular complexity index is 651. The molecule has 1 aromatic rings. The number of pyridine rings is 1. The average molecular weight is 359 g/mol. The summed E-state index contributed by atoms with van der Waals surface area (Å²) in [7, 11) is 2.08. The van der Waals surface area contributed by atoms with Gasteiger partial charge in [-0.25, -0.2) is 4.79 Å². The van der Waals surface area contributed by atoms with E-state index in [1.54, 1.807) is 12.4 Å². The molecule has 2 saturated heterocycles. The van der Waals surface area contributed by atoms with E-state index in [4.69, 9.17) is 0 Å². The molecule has 3 rings (SSSR count). The molecule has 2 N–H and O–H groups in total. The van der Waals surface area contributed by atoms with Gasteiger partial charge in [-0.1, -0.05) is 0 Å². The van der Waals surface area contributed by atoms with E-state index in [1.165, 1.54) is 0 Å². The highest BCUT2D eigenvalue weighted by Crippen LogP contribution is 2.43. The number of amides is 3. The number of carbonyl (C=O) groups excluding carboxylic acids is 2. The van der Waals surface area contributed by atoms with Crippen LogP contribution in [-0.4, -0.2) is 65.5 Å². The van der Waals surface area contributed by atoms with Crippen molar-refractivity contribution in [3.8, 4) is 0 Å². The molecule has 3 heterocycles. The Morgan fingerprint density at radius 3 is 2.73 bits per heavy atom. The van der Waals surface area contributed by atoms with Crippen LogP contribution in [0.15, 0.2) is 24.5 Å². The molecule has 0 aromatic carbocycles. The fourth-order valence-corrected chi connectivity index (χ4v) is 4.24. The smallest absolute Gasteiger partial charge is 0.317 e. The van der Waals surface area contributed by atoms with Crippen LogP contribution < -0.4 is 10.6 Å². The molecule has 2 aliphatic rings. The molecule has 0 radical (unpaired) electrons. The molecule has 0 bridgehead atoms. The molecule has 0 spiro atoms. The van der Waals surface area contributed by atoms with Crippen LogP contribution in [0.25, 0.3) is 0 Å². The Hall–Kier alpha value is -2.15. The fourth-order valence-electron chi connectivity index (χ4n) is 4.24. The summed E-state index contributed by atoms with van der Waals surface area (Å²) in [5.41, 5.74) is 0.260. The fraction of sp³-hybridized carbons (Fsp3) is 0.632. The van der Waals surface area contributed by atoms with Crippen LogP contribution in [0.3, 0.4) is 0 Å². The minimum Gasteiger partial charge on any atom is -0.336 e. The van der Waals surface area contributed by atoms with Gasteiger partial charge in [-0.2, -0.15) is 0 Å². The van der Waals surface area contributed by atoms with Gasteiger partial charge in [-0.15, -0.1) is 0 Å². The molecule has 2 atom stereocenters. The average Bonchev–Trinajstić information content (AvgIpc) is 2.80. The second-order valence-electron chi connectivity index (χ2n) is 7.73. The number of hydrogen-bond donors (Lipinski definition) is 2. The highest BCUT2D eigenvalue weighted by atomic mass is 16.2. The SMILES string of the molecule is CC(C)NC(=O)N1CC[C@@H]2N(C)CC[C@]2(C(=O)Nc2cccnc2)CC1. The third-order valence-electron chi connectivity index (χ3n) is 5.65. The van der Waals surface area contributed by atoms with Gasteiger partial charge in [0.25, 0.3) is 0 Å². The second kappa shape index (κ2) is 7.61. The van der Waals surface area contributed by atoms with Crippen molar-refractivity contribution < 1.29 is 9.59 Å². The lowest BCUT2D eigenvalue weighted by Crippen LogP contribution is -2.46. The highest BCUT2D eigenvalue weighted by molar-refractivity contribution is 5.96. The molecule has 142 valence electrons. The second-order valence-corrected chi connectivity index (χ2v) is 7.73. The summed E-state index contributed by atoms with van der Waals surface area (Å²) >= 11 is 0. The third-order valence-corrected chi connectivity index (χ3v) is 5.65. The standard InChI is InChI=1S/C19H29N5O2/c1-14(2)21-18(26)24-10-6-16-19(8-12-24,7-11-23(16)3)17(25)22-15-5-4-9-20-13-15/h4-5,9,13-14,16H,6-8,10-12H2,1-3H3,(H,21,26)(H,22,25)/t16-,19-/m0/s1. The van der Waals surface area contributed by atoms with E-state index in [0.717, 1.165) is 25.1 Å². The monoisotopic (exact) mass is 359 g/mol. The maximum Gasteiger partial charge on any atom is 0.317 e. The molecule has 0 aliphatic carbocycles. The van der Waals surface area contributed by atoms with Gasteiger partial charge in [0.15, 0.2) is 0 Å². The van der Waals surface area contributed by atoms with Crippen molar-refractivity contribution in [2.75, 3.05) is 32.0 Å². The van der Waals surface area contributed by atoms with E-state index in [2.05, 4.69) is 27.6 Å². The number of nitrogens with one attached hydrogen (secondary N) is 2. The zero-order valence-electron chi connectivity index (χ0n) is 15.9. The van der Waals surface area contributed by atoms with Crippen molar-refractivity contribution in [3.05, 3.63) is 24.5 Å². The lowest BCUT2D eigenvalue weighted by Gasteiger charge is -2.34. The molecule has 7 nitrogen and oxygen atoms in total. The predicted octanol–water partition coefficient (Wildman–Crippen LogP) is 1.92. The molecular weight excluding hydrogens is 330 g/mol. The summed E-state index contributed by atoms with van der Waals surface area (Å²) in [6, 6.07) is 3.89. The van der Waals surface area contributed by atoms with Gasteiger partial charge in [0.2, 0.25) is 5.91 Å². The summed E-state index contributed by atoms with van der Waals surface area (Å²) in [6.07, 6.45) is 5.67. The molecule has 2 aliphatic heterocycles. The molecule has 3 amide bonds. The van der Waals surface area contributed by atoms with Crippen molar-refractivity contribution in [2.24, 2.45) is 5.41 Å². The van der Waals surface area contributed by atoms with Gasteiger partial charge in [-0.05, 0) is 58.8 Å². The Labute approximate surface area is 155 Å². The van der Waals surface area contributed by atoms with Crippen molar-refractivity contribution in [2.45, 2.75) is 45.2 Å². The van der Waals surface area contributed by atoms with Crippen molar-refractivity contribution in [1.29, 1.82) is 0 Å². The van der Waals surface area contributed by atoms with Gasteiger partial charge in [-0.3, -0.25) is 9.78 Å². The minimum atomic E-state index is -0.461. The first-order chi connectivity index (χ1) is 12.4. The summed E-state index contributed by atoms with van der Waals surface area (Å²) < 4.78 is 0. The van der Waals surface area contributed by atoms with Gasteiger partial charge < -0.3 is 20.4 Å². The number of carbonyl (C=O) groups is 2. The minimum absolute atomic E-state index is 0.0366. The topological polar surface area (TPSA) is 77.6 Å². The molecule has 2 fully saturated rings. The first-order valence-electron chi connectivity index (χ1n) is 9.39. The lowest BCUT2D eigenvalue weighted by atomic mass is 9.75. The Morgan fingerprint density at radius 2 is 2.04 bits per heavy atom. The normalized spacial score (nSPS) is 26.3. The number of urea groups is 1. The van der Waals surface area contributed by atoms with Crippen LogP contribution in [0.2, 0.25) is 0 Å². The summed E-state index contributed by atoms with van der Waals surface area (Å²) in [4.78, 5) is 33.9. The van der Waals surface area contributed by atoms with Crippen LogP contribution in [-0.2, 0) is 4.79 Å². The number of likely N-dealkylation sites (tertiary alicyclic amines) is 2. The van der Waals surface area contributed by atoms with Crippen molar-refractivity contribution >= 4 is 17.6 Å². The molecule has 26 heavy (non-hydrogen) atoms. The molecule has 1 aromatic heterocycles. The summed E-state index contributed by atoms with van der Waals surface area (Å²) in [5, 5.41) is 6.01. The first kappa shape index (κ1) is 18.6. The molecule has 0 unspecified atom stereocenters. The van der Waals surface area contributed by atoms with E-state index in [9.17, 15) is 9.59 Å². The van der Waals surface area contributed by atoms with Gasteiger partial charge in [0.05, 0.1) is 17.3 Å². The van der Waals surface area contributed by atoms with Crippen LogP contribution in [0.4, 0.5) is 10.5 Å². The predicted molar refractivity (Wildman–Crippen MR) is 101 cm³/mol. The zero-order valence-corrected chi connectivity index (χ0v) is 15.9. The maximum atomic E-state index is 13.2. The molecule has 7 heteroatoms. The highest BCUT2D eigenvalue weighted by Gasteiger charge is 2.52. The first-order valence-corrected chi connectivity index (χ1v) is 9.39. The quantitative estimate of drug-likeness (QED) is 0.864. The van der Waals surface area contributed by atoms with Crippen molar-refractivity contribution in [3.63, 3.8) is 0 Å². The van der Waals surface area contributed by atoms with Crippen LogP contribution >= 0.6 is 0 Å². The van der Waals surface area contributed by atoms with Crippen LogP contribution in [0.5, 0.6) is 0 Å². The maximum absolute atomic E-state index is 13.2. The van der Waals surface area contributed by atoms with Crippen LogP contribution in [0, 0.1) is 5.41 Å². The van der Waals surface area contributed by atoms with Gasteiger partial charge >= 0.3 is 6.03 Å². The van der Waals surface area contributed by atoms with Crippen molar-refractivity contribution in [1.82, 2.24) is 20.1 Å². The van der Waals surface area contributed by atoms with E-state index < -0.39 is 5.41 Å². The van der Waals surface area contributed by atoms with E-state index in [-0.39, 0.29) is 24.0 Å². The third kappa shape index (κ3) is 3.67. The lowest BCUT2D eigenvalue weighted by molar-refractivity contribution is -0.127. The number of hydrogen-bond acceptors (Lipinski definition) is 4. The summed E-state index contributed by atoms with van der Waals surface area (Å²) in [5.74, 6) is 0.0472. The largest absolute Gasteiger partial charge is 0.336 e. The van der Waals surface area contributed by atoms with E-state index >= 15 is 0 Å². The van der Waals surface area contributed by atoms with Gasteiger partial charge in [0, 0.05) is 31.4 Å². The van der Waals surface area contributed by atoms with E-state index in [0.29, 0.717) is 19.5 Å². The van der Waals surface area contributed by atoms with Gasteiger partial charge in [0.1, 0.15) is 0 Å². The van der Waals surface area contributed by atoms with Crippen LogP contribution in [0.1, 0.15) is 33.1 Å². The molecular formula is C19H29N5O2. The number of rotatable bonds is 3. The number of fused-ring (bicyclic) bond motifs is 1. The van der Waals surface area contributed by atoms with E-state index in [1.807, 2.05) is 30.9 Å². The Morgan fingerprint density at radius 1 is 1.27 bits per heavy atom. The summed E-state index contributed by atoms with van der Waals surface area (Å²) in [6.45, 7) is 6.10. The molecule has 0 saturated carbocycles. The Kier molecular flexibility index (Phi) is 5.46.